The molecule has 2 amide bonds. The van der Waals surface area contributed by atoms with Gasteiger partial charge in [-0.25, -0.2) is 9.78 Å². The van der Waals surface area contributed by atoms with Gasteiger partial charge < -0.3 is 10.2 Å². The largest absolute Gasteiger partial charge is 0.332 e. The van der Waals surface area contributed by atoms with E-state index in [9.17, 15) is 4.79 Å². The molecule has 3 rings (SSSR count). The quantitative estimate of drug-likeness (QED) is 0.923. The van der Waals surface area contributed by atoms with E-state index in [1.807, 2.05) is 23.3 Å². The molecule has 0 unspecified atom stereocenters. The molecule has 1 aliphatic heterocycles. The van der Waals surface area contributed by atoms with Crippen molar-refractivity contribution in [1.82, 2.24) is 15.2 Å². The molecule has 2 heterocycles. The van der Waals surface area contributed by atoms with Gasteiger partial charge in [-0.1, -0.05) is 24.3 Å². The van der Waals surface area contributed by atoms with Crippen LogP contribution in [0.5, 0.6) is 0 Å². The first-order chi connectivity index (χ1) is 9.72. The molecule has 1 aliphatic rings. The van der Waals surface area contributed by atoms with Crippen LogP contribution in [0.25, 0.3) is 0 Å². The molecule has 0 aliphatic carbocycles. The molecule has 20 heavy (non-hydrogen) atoms. The van der Waals surface area contributed by atoms with Gasteiger partial charge >= 0.3 is 6.03 Å². The number of thiazole rings is 1. The number of fused-ring (bicyclic) bond motifs is 1. The summed E-state index contributed by atoms with van der Waals surface area (Å²) in [5.41, 5.74) is 3.53. The van der Waals surface area contributed by atoms with Gasteiger partial charge in [0, 0.05) is 18.5 Å². The van der Waals surface area contributed by atoms with E-state index in [-0.39, 0.29) is 6.03 Å². The lowest BCUT2D eigenvalue weighted by molar-refractivity contribution is 0.192. The topological polar surface area (TPSA) is 45.2 Å². The summed E-state index contributed by atoms with van der Waals surface area (Å²) in [6.45, 7) is 3.94. The molecule has 0 bridgehead atoms. The van der Waals surface area contributed by atoms with Crippen LogP contribution in [0.3, 0.4) is 0 Å². The number of carbonyl (C=O) groups excluding carboxylic acids is 1. The van der Waals surface area contributed by atoms with Crippen molar-refractivity contribution in [3.8, 4) is 0 Å². The Kier molecular flexibility index (Phi) is 3.69. The van der Waals surface area contributed by atoms with Crippen LogP contribution in [-0.2, 0) is 19.5 Å². The summed E-state index contributed by atoms with van der Waals surface area (Å²) in [5.74, 6) is 0. The van der Waals surface area contributed by atoms with Crippen molar-refractivity contribution in [2.45, 2.75) is 26.4 Å². The van der Waals surface area contributed by atoms with Crippen LogP contribution in [0.15, 0.2) is 29.6 Å². The molecule has 104 valence electrons. The third-order valence-corrected chi connectivity index (χ3v) is 4.33. The zero-order valence-corrected chi connectivity index (χ0v) is 12.2. The normalized spacial score (nSPS) is 13.9. The van der Waals surface area contributed by atoms with Crippen LogP contribution in [0.2, 0.25) is 0 Å². The summed E-state index contributed by atoms with van der Waals surface area (Å²) in [4.78, 5) is 18.4. The number of carbonyl (C=O) groups is 1. The standard InChI is InChI=1S/C15H17N3OS/c1-11-17-14(10-20-11)8-16-15(19)18-7-6-12-4-2-3-5-13(12)9-18/h2-5,10H,6-9H2,1H3,(H,16,19). The van der Waals surface area contributed by atoms with E-state index in [1.165, 1.54) is 11.1 Å². The van der Waals surface area contributed by atoms with Crippen molar-refractivity contribution in [3.05, 3.63) is 51.5 Å². The number of aromatic nitrogens is 1. The van der Waals surface area contributed by atoms with E-state index in [0.29, 0.717) is 13.1 Å². The Morgan fingerprint density at radius 2 is 2.20 bits per heavy atom. The fraction of sp³-hybridized carbons (Fsp3) is 0.333. The van der Waals surface area contributed by atoms with Crippen LogP contribution < -0.4 is 5.32 Å². The maximum atomic E-state index is 12.2. The molecule has 1 N–H and O–H groups in total. The SMILES string of the molecule is Cc1nc(CNC(=O)N2CCc3ccccc3C2)cs1. The number of hydrogen-bond donors (Lipinski definition) is 1. The molecule has 0 spiro atoms. The van der Waals surface area contributed by atoms with E-state index in [4.69, 9.17) is 0 Å². The minimum atomic E-state index is -0.00911. The maximum Gasteiger partial charge on any atom is 0.318 e. The highest BCUT2D eigenvalue weighted by Crippen LogP contribution is 2.18. The Morgan fingerprint density at radius 1 is 1.40 bits per heavy atom. The maximum absolute atomic E-state index is 12.2. The Bertz CT molecular complexity index is 623. The summed E-state index contributed by atoms with van der Waals surface area (Å²) < 4.78 is 0. The van der Waals surface area contributed by atoms with E-state index in [2.05, 4.69) is 28.5 Å². The molecular formula is C15H17N3OS. The molecule has 0 fully saturated rings. The van der Waals surface area contributed by atoms with Gasteiger partial charge in [-0.15, -0.1) is 11.3 Å². The van der Waals surface area contributed by atoms with Gasteiger partial charge in [-0.05, 0) is 24.5 Å². The first-order valence-electron chi connectivity index (χ1n) is 6.73. The van der Waals surface area contributed by atoms with E-state index >= 15 is 0 Å². The predicted molar refractivity (Wildman–Crippen MR) is 79.6 cm³/mol. The lowest BCUT2D eigenvalue weighted by Gasteiger charge is -2.28. The molecule has 4 nitrogen and oxygen atoms in total. The summed E-state index contributed by atoms with van der Waals surface area (Å²) in [6.07, 6.45) is 0.930. The second-order valence-electron chi connectivity index (χ2n) is 4.96. The third kappa shape index (κ3) is 2.82. The van der Waals surface area contributed by atoms with E-state index in [1.54, 1.807) is 11.3 Å². The zero-order chi connectivity index (χ0) is 13.9. The molecule has 0 atom stereocenters. The first kappa shape index (κ1) is 13.1. The number of aryl methyl sites for hydroxylation is 1. The highest BCUT2D eigenvalue weighted by molar-refractivity contribution is 7.09. The second kappa shape index (κ2) is 5.63. The van der Waals surface area contributed by atoms with Crippen molar-refractivity contribution in [2.75, 3.05) is 6.54 Å². The van der Waals surface area contributed by atoms with Gasteiger partial charge in [-0.3, -0.25) is 0 Å². The van der Waals surface area contributed by atoms with Gasteiger partial charge in [-0.2, -0.15) is 0 Å². The number of urea groups is 1. The zero-order valence-electron chi connectivity index (χ0n) is 11.4. The van der Waals surface area contributed by atoms with E-state index < -0.39 is 0 Å². The molecule has 5 heteroatoms. The average Bonchev–Trinajstić information content (AvgIpc) is 2.90. The van der Waals surface area contributed by atoms with Crippen molar-refractivity contribution in [3.63, 3.8) is 0 Å². The first-order valence-corrected chi connectivity index (χ1v) is 7.61. The van der Waals surface area contributed by atoms with Gasteiger partial charge in [0.2, 0.25) is 0 Å². The summed E-state index contributed by atoms with van der Waals surface area (Å²) in [6, 6.07) is 8.31. The summed E-state index contributed by atoms with van der Waals surface area (Å²) in [5, 5.41) is 5.96. The van der Waals surface area contributed by atoms with Crippen molar-refractivity contribution < 1.29 is 4.79 Å². The van der Waals surface area contributed by atoms with Gasteiger partial charge in [0.15, 0.2) is 0 Å². The summed E-state index contributed by atoms with van der Waals surface area (Å²) >= 11 is 1.61. The van der Waals surface area contributed by atoms with Gasteiger partial charge in [0.05, 0.1) is 17.2 Å². The monoisotopic (exact) mass is 287 g/mol. The van der Waals surface area contributed by atoms with Crippen molar-refractivity contribution in [1.29, 1.82) is 0 Å². The van der Waals surface area contributed by atoms with Crippen LogP contribution >= 0.6 is 11.3 Å². The lowest BCUT2D eigenvalue weighted by atomic mass is 10.0. The molecule has 2 aromatic rings. The van der Waals surface area contributed by atoms with Crippen LogP contribution in [-0.4, -0.2) is 22.5 Å². The Balaban J connectivity index is 1.59. The average molecular weight is 287 g/mol. The Morgan fingerprint density at radius 3 is 2.95 bits per heavy atom. The third-order valence-electron chi connectivity index (χ3n) is 3.51. The lowest BCUT2D eigenvalue weighted by Crippen LogP contribution is -2.42. The minimum absolute atomic E-state index is 0.00911. The highest BCUT2D eigenvalue weighted by Gasteiger charge is 2.19. The Hall–Kier alpha value is -1.88. The second-order valence-corrected chi connectivity index (χ2v) is 6.02. The fourth-order valence-corrected chi connectivity index (χ4v) is 3.05. The van der Waals surface area contributed by atoms with Crippen LogP contribution in [0, 0.1) is 6.92 Å². The smallest absolute Gasteiger partial charge is 0.318 e. The minimum Gasteiger partial charge on any atom is -0.332 e. The van der Waals surface area contributed by atoms with Crippen LogP contribution in [0.4, 0.5) is 4.79 Å². The predicted octanol–water partition coefficient (Wildman–Crippen LogP) is 2.72. The highest BCUT2D eigenvalue weighted by atomic mass is 32.1. The molecular weight excluding hydrogens is 270 g/mol. The number of nitrogens with zero attached hydrogens (tertiary/aromatic N) is 2. The summed E-state index contributed by atoms with van der Waals surface area (Å²) in [7, 11) is 0. The molecule has 1 aromatic carbocycles. The molecule has 0 saturated carbocycles. The van der Waals surface area contributed by atoms with Gasteiger partial charge in [0.1, 0.15) is 0 Å². The van der Waals surface area contributed by atoms with Crippen LogP contribution in [0.1, 0.15) is 21.8 Å². The molecule has 1 aromatic heterocycles. The number of rotatable bonds is 2. The molecule has 0 saturated heterocycles. The van der Waals surface area contributed by atoms with Gasteiger partial charge in [0.25, 0.3) is 0 Å². The van der Waals surface area contributed by atoms with Crippen molar-refractivity contribution >= 4 is 17.4 Å². The Labute approximate surface area is 122 Å². The number of amides is 2. The fourth-order valence-electron chi connectivity index (χ4n) is 2.44. The molecule has 0 radical (unpaired) electrons. The number of benzene rings is 1. The number of hydrogen-bond acceptors (Lipinski definition) is 3. The van der Waals surface area contributed by atoms with Crippen molar-refractivity contribution in [2.24, 2.45) is 0 Å². The number of nitrogens with one attached hydrogen (secondary N) is 1. The van der Waals surface area contributed by atoms with E-state index in [0.717, 1.165) is 23.7 Å².